The summed E-state index contributed by atoms with van der Waals surface area (Å²) in [4.78, 5) is 12.4. The molecule has 2 aromatic carbocycles. The fraction of sp³-hybridized carbons (Fsp3) is 0.0588. The molecule has 0 N–H and O–H groups in total. The molecular weight excluding hydrogens is 415 g/mol. The highest BCUT2D eigenvalue weighted by atomic mass is 79.9. The van der Waals surface area contributed by atoms with Crippen LogP contribution >= 0.6 is 39.1 Å². The smallest absolute Gasteiger partial charge is 0.275 e. The van der Waals surface area contributed by atoms with Gasteiger partial charge in [-0.25, -0.2) is 0 Å². The summed E-state index contributed by atoms with van der Waals surface area (Å²) >= 11 is 15.6. The molecule has 0 unspecified atom stereocenters. The number of ether oxygens (including phenoxy) is 1. The van der Waals surface area contributed by atoms with Crippen molar-refractivity contribution in [3.05, 3.63) is 85.2 Å². The number of rotatable bonds is 4. The van der Waals surface area contributed by atoms with Gasteiger partial charge in [-0.1, -0.05) is 59.6 Å². The van der Waals surface area contributed by atoms with Crippen LogP contribution in [0.15, 0.2) is 64.0 Å². The molecule has 24 heavy (non-hydrogen) atoms. The van der Waals surface area contributed by atoms with Crippen LogP contribution in [0.25, 0.3) is 5.69 Å². The minimum atomic E-state index is -0.392. The molecule has 3 rings (SSSR count). The summed E-state index contributed by atoms with van der Waals surface area (Å²) in [6, 6.07) is 16.0. The van der Waals surface area contributed by atoms with Crippen LogP contribution in [0.1, 0.15) is 5.56 Å². The van der Waals surface area contributed by atoms with Gasteiger partial charge in [-0.2, -0.15) is 9.78 Å². The van der Waals surface area contributed by atoms with Gasteiger partial charge in [-0.05, 0) is 33.6 Å². The van der Waals surface area contributed by atoms with Crippen LogP contribution in [0.2, 0.25) is 10.0 Å². The molecule has 0 radical (unpaired) electrons. The van der Waals surface area contributed by atoms with E-state index in [0.29, 0.717) is 32.7 Å². The number of halogens is 3. The Labute approximate surface area is 156 Å². The van der Waals surface area contributed by atoms with Gasteiger partial charge in [0.05, 0.1) is 16.1 Å². The summed E-state index contributed by atoms with van der Waals surface area (Å²) in [7, 11) is 0. The van der Waals surface area contributed by atoms with Crippen molar-refractivity contribution in [2.45, 2.75) is 6.61 Å². The van der Waals surface area contributed by atoms with Crippen molar-refractivity contribution in [1.82, 2.24) is 9.78 Å². The molecule has 1 heterocycles. The first kappa shape index (κ1) is 17.0. The Kier molecular flexibility index (Phi) is 5.23. The lowest BCUT2D eigenvalue weighted by molar-refractivity contribution is 0.300. The fourth-order valence-corrected chi connectivity index (χ4v) is 3.05. The van der Waals surface area contributed by atoms with Gasteiger partial charge in [-0.3, -0.25) is 4.79 Å². The van der Waals surface area contributed by atoms with E-state index in [4.69, 9.17) is 27.9 Å². The second kappa shape index (κ2) is 7.38. The molecule has 4 nitrogen and oxygen atoms in total. The molecule has 122 valence electrons. The van der Waals surface area contributed by atoms with Gasteiger partial charge in [0.1, 0.15) is 12.3 Å². The fourth-order valence-electron chi connectivity index (χ4n) is 2.11. The van der Waals surface area contributed by atoms with Crippen LogP contribution in [0, 0.1) is 0 Å². The maximum absolute atomic E-state index is 12.4. The van der Waals surface area contributed by atoms with E-state index in [1.165, 1.54) is 6.07 Å². The second-order valence-corrected chi connectivity index (χ2v) is 6.46. The summed E-state index contributed by atoms with van der Waals surface area (Å²) in [5.41, 5.74) is 0.931. The highest BCUT2D eigenvalue weighted by Crippen LogP contribution is 2.28. The van der Waals surface area contributed by atoms with Crippen LogP contribution in [0.3, 0.4) is 0 Å². The highest BCUT2D eigenvalue weighted by Gasteiger charge is 2.14. The molecule has 1 aromatic heterocycles. The normalized spacial score (nSPS) is 10.6. The highest BCUT2D eigenvalue weighted by molar-refractivity contribution is 9.10. The Hall–Kier alpha value is -1.82. The van der Waals surface area contributed by atoms with Gasteiger partial charge >= 0.3 is 0 Å². The summed E-state index contributed by atoms with van der Waals surface area (Å²) in [5.74, 6) is 0.350. The number of nitrogens with zero attached hydrogens (tertiary/aromatic N) is 2. The van der Waals surface area contributed by atoms with Gasteiger partial charge in [-0.15, -0.1) is 0 Å². The topological polar surface area (TPSA) is 44.1 Å². The Bertz CT molecular complexity index is 909. The lowest BCUT2D eigenvalue weighted by Crippen LogP contribution is -2.21. The third kappa shape index (κ3) is 3.64. The van der Waals surface area contributed by atoms with Crippen molar-refractivity contribution >= 4 is 39.1 Å². The van der Waals surface area contributed by atoms with Crippen molar-refractivity contribution in [2.24, 2.45) is 0 Å². The van der Waals surface area contributed by atoms with E-state index in [1.54, 1.807) is 18.2 Å². The number of aromatic nitrogens is 2. The van der Waals surface area contributed by atoms with Crippen LogP contribution in [0.5, 0.6) is 5.75 Å². The molecule has 3 aromatic rings. The van der Waals surface area contributed by atoms with Crippen molar-refractivity contribution in [1.29, 1.82) is 0 Å². The van der Waals surface area contributed by atoms with E-state index in [0.717, 1.165) is 10.2 Å². The maximum atomic E-state index is 12.4. The zero-order valence-corrected chi connectivity index (χ0v) is 15.3. The minimum Gasteiger partial charge on any atom is -0.486 e. The molecule has 0 fully saturated rings. The minimum absolute atomic E-state index is 0.331. The van der Waals surface area contributed by atoms with Crippen LogP contribution in [0.4, 0.5) is 0 Å². The molecule has 0 bridgehead atoms. The molecule has 0 aliphatic carbocycles. The average Bonchev–Trinajstić information content (AvgIpc) is 2.57. The molecule has 7 heteroatoms. The molecule has 0 aliphatic rings. The first-order valence-corrected chi connectivity index (χ1v) is 8.52. The third-order valence-corrected chi connectivity index (χ3v) is 4.40. The van der Waals surface area contributed by atoms with E-state index >= 15 is 0 Å². The molecule has 0 saturated heterocycles. The molecule has 0 atom stereocenters. The standard InChI is InChI=1S/C17H11BrCl2N2O2/c18-17-14(24-10-11-5-2-1-3-6-11)9-15(23)22(21-17)16-12(19)7-4-8-13(16)20/h1-9H,10H2. The third-order valence-electron chi connectivity index (χ3n) is 3.24. The van der Waals surface area contributed by atoms with Crippen molar-refractivity contribution in [3.8, 4) is 11.4 Å². The number of benzene rings is 2. The molecule has 0 saturated carbocycles. The van der Waals surface area contributed by atoms with Crippen molar-refractivity contribution in [3.63, 3.8) is 0 Å². The predicted molar refractivity (Wildman–Crippen MR) is 98.3 cm³/mol. The maximum Gasteiger partial charge on any atom is 0.275 e. The Morgan fingerprint density at radius 2 is 1.71 bits per heavy atom. The summed E-state index contributed by atoms with van der Waals surface area (Å²) < 4.78 is 7.19. The Morgan fingerprint density at radius 3 is 2.38 bits per heavy atom. The summed E-state index contributed by atoms with van der Waals surface area (Å²) in [6.45, 7) is 0.331. The van der Waals surface area contributed by atoms with Gasteiger partial charge in [0.25, 0.3) is 5.56 Å². The number of hydrogen-bond donors (Lipinski definition) is 0. The van der Waals surface area contributed by atoms with Gasteiger partial charge < -0.3 is 4.74 Å². The average molecular weight is 426 g/mol. The number of para-hydroxylation sites is 1. The van der Waals surface area contributed by atoms with Gasteiger partial charge in [0, 0.05) is 0 Å². The van der Waals surface area contributed by atoms with Crippen molar-refractivity contribution in [2.75, 3.05) is 0 Å². The number of hydrogen-bond acceptors (Lipinski definition) is 3. The van der Waals surface area contributed by atoms with Gasteiger partial charge in [0.15, 0.2) is 10.4 Å². The zero-order valence-electron chi connectivity index (χ0n) is 12.2. The molecule has 0 aliphatic heterocycles. The predicted octanol–water partition coefficient (Wildman–Crippen LogP) is 4.88. The quantitative estimate of drug-likeness (QED) is 0.598. The lowest BCUT2D eigenvalue weighted by atomic mass is 10.2. The first-order chi connectivity index (χ1) is 11.6. The van der Waals surface area contributed by atoms with Crippen molar-refractivity contribution < 1.29 is 4.74 Å². The molecule has 0 spiro atoms. The van der Waals surface area contributed by atoms with Crippen LogP contribution < -0.4 is 10.3 Å². The van der Waals surface area contributed by atoms with E-state index in [2.05, 4.69) is 21.0 Å². The summed E-state index contributed by atoms with van der Waals surface area (Å²) in [6.07, 6.45) is 0. The van der Waals surface area contributed by atoms with Crippen LogP contribution in [-0.2, 0) is 6.61 Å². The largest absolute Gasteiger partial charge is 0.486 e. The monoisotopic (exact) mass is 424 g/mol. The Balaban J connectivity index is 1.93. The zero-order chi connectivity index (χ0) is 17.1. The SMILES string of the molecule is O=c1cc(OCc2ccccc2)c(Br)nn1-c1c(Cl)cccc1Cl. The first-order valence-electron chi connectivity index (χ1n) is 6.97. The van der Waals surface area contributed by atoms with Crippen LogP contribution in [-0.4, -0.2) is 9.78 Å². The molecule has 0 amide bonds. The molecular formula is C17H11BrCl2N2O2. The van der Waals surface area contributed by atoms with E-state index in [-0.39, 0.29) is 0 Å². The lowest BCUT2D eigenvalue weighted by Gasteiger charge is -2.12. The summed E-state index contributed by atoms with van der Waals surface area (Å²) in [5, 5.41) is 4.87. The Morgan fingerprint density at radius 1 is 1.04 bits per heavy atom. The second-order valence-electron chi connectivity index (χ2n) is 4.89. The van der Waals surface area contributed by atoms with E-state index < -0.39 is 5.56 Å². The van der Waals surface area contributed by atoms with E-state index in [1.807, 2.05) is 30.3 Å². The van der Waals surface area contributed by atoms with Gasteiger partial charge in [0.2, 0.25) is 0 Å². The van der Waals surface area contributed by atoms with E-state index in [9.17, 15) is 4.79 Å².